The summed E-state index contributed by atoms with van der Waals surface area (Å²) in [4.78, 5) is 14.6. The first-order valence-corrected chi connectivity index (χ1v) is 9.75. The minimum Gasteiger partial charge on any atom is -0.335 e. The minimum absolute atomic E-state index is 0.164. The fraction of sp³-hybridized carbons (Fsp3) is 0.200. The topological polar surface area (TPSA) is 101 Å². The van der Waals surface area contributed by atoms with Crippen molar-refractivity contribution in [1.82, 2.24) is 14.9 Å². The normalized spacial score (nSPS) is 11.6. The molecule has 2 aromatic carbocycles. The Bertz CT molecular complexity index is 1020. The Kier molecular flexibility index (Phi) is 6.46. The molecule has 0 unspecified atom stereocenters. The number of rotatable bonds is 7. The Balaban J connectivity index is 1.78. The van der Waals surface area contributed by atoms with Gasteiger partial charge in [0.05, 0.1) is 17.7 Å². The molecule has 3 aromatic rings. The quantitative estimate of drug-likeness (QED) is 0.474. The van der Waals surface area contributed by atoms with Crippen LogP contribution < -0.4 is 10.7 Å². The van der Waals surface area contributed by atoms with Crippen molar-refractivity contribution in [2.24, 2.45) is 0 Å². The molecule has 9 heteroatoms. The van der Waals surface area contributed by atoms with Crippen LogP contribution in [0.5, 0.6) is 0 Å². The van der Waals surface area contributed by atoms with E-state index in [0.717, 1.165) is 5.69 Å². The molecule has 0 bridgehead atoms. The van der Waals surface area contributed by atoms with Crippen LogP contribution in [0.4, 0.5) is 10.1 Å². The molecule has 0 saturated carbocycles. The van der Waals surface area contributed by atoms with E-state index in [2.05, 4.69) is 16.3 Å². The highest BCUT2D eigenvalue weighted by Gasteiger charge is 2.25. The average molecular weight is 410 g/mol. The van der Waals surface area contributed by atoms with Gasteiger partial charge in [-0.05, 0) is 43.3 Å². The van der Waals surface area contributed by atoms with Gasteiger partial charge >= 0.3 is 0 Å². The van der Waals surface area contributed by atoms with Crippen molar-refractivity contribution in [2.45, 2.75) is 23.8 Å². The van der Waals surface area contributed by atoms with Crippen LogP contribution in [0.15, 0.2) is 59.8 Å². The fourth-order valence-electron chi connectivity index (χ4n) is 2.72. The predicted molar refractivity (Wildman–Crippen MR) is 110 cm³/mol. The Hall–Kier alpha value is -3.38. The summed E-state index contributed by atoms with van der Waals surface area (Å²) >= 11 is 1.17. The zero-order chi connectivity index (χ0) is 20.8. The number of anilines is 1. The Labute approximate surface area is 171 Å². The third kappa shape index (κ3) is 4.73. The van der Waals surface area contributed by atoms with E-state index in [-0.39, 0.29) is 18.1 Å². The van der Waals surface area contributed by atoms with E-state index in [9.17, 15) is 9.18 Å². The summed E-state index contributed by atoms with van der Waals surface area (Å²) in [7, 11) is 0. The number of nitrogen functional groups attached to an aromatic ring is 1. The van der Waals surface area contributed by atoms with Crippen LogP contribution >= 0.6 is 11.8 Å². The van der Waals surface area contributed by atoms with Gasteiger partial charge in [0, 0.05) is 17.8 Å². The molecule has 1 atom stereocenters. The highest BCUT2D eigenvalue weighted by atomic mass is 32.2. The molecule has 148 valence electrons. The van der Waals surface area contributed by atoms with Crippen LogP contribution in [0, 0.1) is 17.1 Å². The predicted octanol–water partition coefficient (Wildman–Crippen LogP) is 3.23. The van der Waals surface area contributed by atoms with Gasteiger partial charge in [0.2, 0.25) is 11.1 Å². The van der Waals surface area contributed by atoms with E-state index in [1.807, 2.05) is 30.3 Å². The SMILES string of the molecule is C[C@H](Sc1nnc(-c2ccc(F)cc2)n1N)C(=O)N(CCC#N)c1ccccc1. The number of nitriles is 1. The molecule has 0 aliphatic heterocycles. The number of aromatic nitrogens is 3. The summed E-state index contributed by atoms with van der Waals surface area (Å²) in [5, 5.41) is 16.9. The number of carbonyl (C=O) groups is 1. The van der Waals surface area contributed by atoms with Crippen molar-refractivity contribution in [1.29, 1.82) is 5.26 Å². The average Bonchev–Trinajstić information content (AvgIpc) is 3.09. The van der Waals surface area contributed by atoms with Crippen molar-refractivity contribution in [3.8, 4) is 17.5 Å². The van der Waals surface area contributed by atoms with E-state index in [1.165, 1.54) is 28.6 Å². The monoisotopic (exact) mass is 410 g/mol. The summed E-state index contributed by atoms with van der Waals surface area (Å²) in [6.07, 6.45) is 0.222. The first-order chi connectivity index (χ1) is 14.0. The maximum Gasteiger partial charge on any atom is 0.240 e. The Morgan fingerprint density at radius 3 is 2.59 bits per heavy atom. The number of hydrogen-bond donors (Lipinski definition) is 1. The minimum atomic E-state index is -0.513. The van der Waals surface area contributed by atoms with Gasteiger partial charge in [-0.2, -0.15) is 5.26 Å². The van der Waals surface area contributed by atoms with E-state index in [1.54, 1.807) is 24.0 Å². The third-order valence-corrected chi connectivity index (χ3v) is 5.22. The van der Waals surface area contributed by atoms with Crippen molar-refractivity contribution >= 4 is 23.4 Å². The van der Waals surface area contributed by atoms with Crippen LogP contribution in [0.3, 0.4) is 0 Å². The lowest BCUT2D eigenvalue weighted by molar-refractivity contribution is -0.117. The van der Waals surface area contributed by atoms with Crippen LogP contribution in [-0.4, -0.2) is 32.6 Å². The van der Waals surface area contributed by atoms with Gasteiger partial charge in [0.25, 0.3) is 0 Å². The molecule has 0 aliphatic carbocycles. The lowest BCUT2D eigenvalue weighted by atomic mass is 10.2. The van der Waals surface area contributed by atoms with Crippen molar-refractivity contribution in [3.05, 3.63) is 60.4 Å². The molecule has 0 spiro atoms. The smallest absolute Gasteiger partial charge is 0.240 e. The first kappa shape index (κ1) is 20.4. The zero-order valence-corrected chi connectivity index (χ0v) is 16.5. The molecule has 7 nitrogen and oxygen atoms in total. The van der Waals surface area contributed by atoms with Gasteiger partial charge < -0.3 is 10.7 Å². The van der Waals surface area contributed by atoms with Gasteiger partial charge in [-0.3, -0.25) is 4.79 Å². The third-order valence-electron chi connectivity index (χ3n) is 4.18. The number of amides is 1. The number of benzene rings is 2. The maximum absolute atomic E-state index is 13.1. The molecule has 1 amide bonds. The van der Waals surface area contributed by atoms with Gasteiger partial charge in [-0.1, -0.05) is 30.0 Å². The number of nitrogens with two attached hydrogens (primary N) is 1. The van der Waals surface area contributed by atoms with E-state index < -0.39 is 5.25 Å². The lowest BCUT2D eigenvalue weighted by Crippen LogP contribution is -2.37. The lowest BCUT2D eigenvalue weighted by Gasteiger charge is -2.24. The molecule has 2 N–H and O–H groups in total. The summed E-state index contributed by atoms with van der Waals surface area (Å²) in [5.74, 6) is 5.95. The number of para-hydroxylation sites is 1. The van der Waals surface area contributed by atoms with Crippen molar-refractivity contribution < 1.29 is 9.18 Å². The first-order valence-electron chi connectivity index (χ1n) is 8.87. The van der Waals surface area contributed by atoms with Crippen LogP contribution in [0.25, 0.3) is 11.4 Å². The summed E-state index contributed by atoms with van der Waals surface area (Å²) < 4.78 is 14.4. The summed E-state index contributed by atoms with van der Waals surface area (Å²) in [6, 6.07) is 17.0. The fourth-order valence-corrected chi connectivity index (χ4v) is 3.55. The van der Waals surface area contributed by atoms with Crippen LogP contribution in [0.1, 0.15) is 13.3 Å². The van der Waals surface area contributed by atoms with Crippen LogP contribution in [-0.2, 0) is 4.79 Å². The molecular weight excluding hydrogens is 391 g/mol. The molecular formula is C20H19FN6OS. The van der Waals surface area contributed by atoms with Crippen molar-refractivity contribution in [3.63, 3.8) is 0 Å². The molecule has 0 fully saturated rings. The molecule has 0 radical (unpaired) electrons. The van der Waals surface area contributed by atoms with E-state index in [4.69, 9.17) is 11.1 Å². The summed E-state index contributed by atoms with van der Waals surface area (Å²) in [6.45, 7) is 2.04. The van der Waals surface area contributed by atoms with E-state index >= 15 is 0 Å². The van der Waals surface area contributed by atoms with E-state index in [0.29, 0.717) is 23.1 Å². The molecule has 1 heterocycles. The van der Waals surface area contributed by atoms with Gasteiger partial charge in [-0.25, -0.2) is 9.07 Å². The zero-order valence-electron chi connectivity index (χ0n) is 15.7. The Morgan fingerprint density at radius 2 is 1.93 bits per heavy atom. The number of hydrogen-bond acceptors (Lipinski definition) is 6. The standard InChI is InChI=1S/C20H19FN6OS/c1-14(19(28)26(13-5-12-22)17-6-3-2-4-7-17)29-20-25-24-18(27(20)23)15-8-10-16(21)11-9-15/h2-4,6-11,14H,5,13,23H2,1H3/t14-/m0/s1. The molecule has 1 aromatic heterocycles. The molecule has 0 saturated heterocycles. The summed E-state index contributed by atoms with van der Waals surface area (Å²) in [5.41, 5.74) is 1.34. The van der Waals surface area contributed by atoms with Crippen LogP contribution in [0.2, 0.25) is 0 Å². The van der Waals surface area contributed by atoms with Crippen molar-refractivity contribution in [2.75, 3.05) is 17.3 Å². The van der Waals surface area contributed by atoms with Gasteiger partial charge in [0.15, 0.2) is 5.82 Å². The highest BCUT2D eigenvalue weighted by molar-refractivity contribution is 8.00. The molecule has 3 rings (SSSR count). The molecule has 0 aliphatic rings. The van der Waals surface area contributed by atoms with Gasteiger partial charge in [0.1, 0.15) is 5.82 Å². The van der Waals surface area contributed by atoms with Gasteiger partial charge in [-0.15, -0.1) is 10.2 Å². The maximum atomic E-state index is 13.1. The Morgan fingerprint density at radius 1 is 1.24 bits per heavy atom. The number of halogens is 1. The second kappa shape index (κ2) is 9.21. The number of thioether (sulfide) groups is 1. The molecule has 29 heavy (non-hydrogen) atoms. The largest absolute Gasteiger partial charge is 0.335 e. The second-order valence-corrected chi connectivity index (χ2v) is 7.48. The highest BCUT2D eigenvalue weighted by Crippen LogP contribution is 2.27. The number of nitrogens with zero attached hydrogens (tertiary/aromatic N) is 5. The number of carbonyl (C=O) groups excluding carboxylic acids is 1. The second-order valence-electron chi connectivity index (χ2n) is 6.18.